The fourth-order valence-electron chi connectivity index (χ4n) is 2.95. The number of fused-ring (bicyclic) bond motifs is 1. The molecule has 0 unspecified atom stereocenters. The fourth-order valence-corrected chi connectivity index (χ4v) is 2.95. The minimum atomic E-state index is -0.321. The first-order chi connectivity index (χ1) is 11.7. The van der Waals surface area contributed by atoms with Gasteiger partial charge in [-0.15, -0.1) is 0 Å². The van der Waals surface area contributed by atoms with Gasteiger partial charge < -0.3 is 5.32 Å². The first-order valence-electron chi connectivity index (χ1n) is 7.83. The number of rotatable bonds is 2. The first-order valence-corrected chi connectivity index (χ1v) is 7.83. The first kappa shape index (κ1) is 14.9. The van der Waals surface area contributed by atoms with Crippen LogP contribution in [0.2, 0.25) is 0 Å². The van der Waals surface area contributed by atoms with E-state index in [0.29, 0.717) is 17.9 Å². The van der Waals surface area contributed by atoms with Crippen LogP contribution in [0.1, 0.15) is 11.3 Å². The Hall–Kier alpha value is -2.66. The molecule has 1 aliphatic rings. The van der Waals surface area contributed by atoms with Crippen LogP contribution in [0.5, 0.6) is 0 Å². The fraction of sp³-hybridized carbons (Fsp3) is 0.158. The smallest absolute Gasteiger partial charge is 0.160 e. The van der Waals surface area contributed by atoms with E-state index in [1.165, 1.54) is 24.3 Å². The molecule has 0 fully saturated rings. The van der Waals surface area contributed by atoms with Crippen LogP contribution in [0.15, 0.2) is 48.5 Å². The van der Waals surface area contributed by atoms with Crippen LogP contribution in [0.3, 0.4) is 0 Å². The summed E-state index contributed by atoms with van der Waals surface area (Å²) in [5, 5.41) is 3.32. The standard InChI is InChI=1S/C19H15F2N3/c20-14-6-4-12(5-7-14)18-16-11-22-9-8-17(16)23-19(24-18)13-2-1-3-15(21)10-13/h1-7,10,22H,8-9,11H2. The Balaban J connectivity index is 1.91. The number of hydrogen-bond donors (Lipinski definition) is 1. The van der Waals surface area contributed by atoms with Gasteiger partial charge in [-0.1, -0.05) is 12.1 Å². The zero-order valence-electron chi connectivity index (χ0n) is 12.9. The van der Waals surface area contributed by atoms with Crippen LogP contribution in [-0.2, 0) is 13.0 Å². The molecule has 5 heteroatoms. The summed E-state index contributed by atoms with van der Waals surface area (Å²) in [7, 11) is 0. The Bertz CT molecular complexity index is 892. The Morgan fingerprint density at radius 1 is 0.875 bits per heavy atom. The van der Waals surface area contributed by atoms with Gasteiger partial charge in [-0.3, -0.25) is 0 Å². The molecule has 2 aromatic carbocycles. The summed E-state index contributed by atoms with van der Waals surface area (Å²) in [6.07, 6.45) is 0.786. The molecule has 0 saturated heterocycles. The van der Waals surface area contributed by atoms with Crippen molar-refractivity contribution in [3.63, 3.8) is 0 Å². The zero-order valence-corrected chi connectivity index (χ0v) is 12.9. The van der Waals surface area contributed by atoms with E-state index in [1.54, 1.807) is 24.3 Å². The highest BCUT2D eigenvalue weighted by atomic mass is 19.1. The number of nitrogens with zero attached hydrogens (tertiary/aromatic N) is 2. The molecule has 0 saturated carbocycles. The van der Waals surface area contributed by atoms with Crippen LogP contribution in [-0.4, -0.2) is 16.5 Å². The molecule has 120 valence electrons. The zero-order chi connectivity index (χ0) is 16.5. The quantitative estimate of drug-likeness (QED) is 0.781. The molecule has 2 heterocycles. The van der Waals surface area contributed by atoms with Crippen molar-refractivity contribution in [1.82, 2.24) is 15.3 Å². The second kappa shape index (κ2) is 6.09. The van der Waals surface area contributed by atoms with Crippen molar-refractivity contribution in [2.24, 2.45) is 0 Å². The lowest BCUT2D eigenvalue weighted by Gasteiger charge is -2.20. The third-order valence-electron chi connectivity index (χ3n) is 4.13. The van der Waals surface area contributed by atoms with Gasteiger partial charge in [0.25, 0.3) is 0 Å². The molecule has 0 bridgehead atoms. The molecule has 1 aromatic heterocycles. The van der Waals surface area contributed by atoms with Crippen molar-refractivity contribution in [2.45, 2.75) is 13.0 Å². The van der Waals surface area contributed by atoms with Crippen molar-refractivity contribution in [1.29, 1.82) is 0 Å². The van der Waals surface area contributed by atoms with Gasteiger partial charge in [-0.2, -0.15) is 0 Å². The molecule has 3 nitrogen and oxygen atoms in total. The van der Waals surface area contributed by atoms with Crippen LogP contribution < -0.4 is 5.32 Å². The van der Waals surface area contributed by atoms with Crippen molar-refractivity contribution in [3.8, 4) is 22.6 Å². The molecular weight excluding hydrogens is 308 g/mol. The predicted octanol–water partition coefficient (Wildman–Crippen LogP) is 3.73. The average molecular weight is 323 g/mol. The topological polar surface area (TPSA) is 37.8 Å². The molecule has 1 N–H and O–H groups in total. The molecule has 4 rings (SSSR count). The van der Waals surface area contributed by atoms with Gasteiger partial charge >= 0.3 is 0 Å². The predicted molar refractivity (Wildman–Crippen MR) is 88.2 cm³/mol. The maximum absolute atomic E-state index is 13.6. The highest BCUT2D eigenvalue weighted by Gasteiger charge is 2.19. The molecule has 0 radical (unpaired) electrons. The van der Waals surface area contributed by atoms with Gasteiger partial charge in [0.1, 0.15) is 11.6 Å². The minimum absolute atomic E-state index is 0.287. The van der Waals surface area contributed by atoms with Crippen molar-refractivity contribution < 1.29 is 8.78 Å². The molecule has 0 aliphatic carbocycles. The van der Waals surface area contributed by atoms with E-state index >= 15 is 0 Å². The van der Waals surface area contributed by atoms with Crippen LogP contribution in [0.4, 0.5) is 8.78 Å². The molecule has 3 aromatic rings. The maximum Gasteiger partial charge on any atom is 0.160 e. The monoisotopic (exact) mass is 323 g/mol. The van der Waals surface area contributed by atoms with E-state index in [-0.39, 0.29) is 11.6 Å². The summed E-state index contributed by atoms with van der Waals surface area (Å²) in [4.78, 5) is 9.29. The third kappa shape index (κ3) is 2.78. The number of hydrogen-bond acceptors (Lipinski definition) is 3. The summed E-state index contributed by atoms with van der Waals surface area (Å²) in [5.41, 5.74) is 4.22. The summed E-state index contributed by atoms with van der Waals surface area (Å²) in [5.74, 6) is -0.113. The molecule has 0 atom stereocenters. The minimum Gasteiger partial charge on any atom is -0.312 e. The van der Waals surface area contributed by atoms with Crippen LogP contribution in [0, 0.1) is 11.6 Å². The lowest BCUT2D eigenvalue weighted by molar-refractivity contribution is 0.624. The summed E-state index contributed by atoms with van der Waals surface area (Å²) < 4.78 is 26.8. The van der Waals surface area contributed by atoms with Crippen LogP contribution >= 0.6 is 0 Å². The van der Waals surface area contributed by atoms with Gasteiger partial charge in [0.15, 0.2) is 5.82 Å². The third-order valence-corrected chi connectivity index (χ3v) is 4.13. The summed E-state index contributed by atoms with van der Waals surface area (Å²) in [6.45, 7) is 1.51. The number of aromatic nitrogens is 2. The molecule has 0 amide bonds. The lowest BCUT2D eigenvalue weighted by Crippen LogP contribution is -2.26. The normalized spacial score (nSPS) is 13.6. The van der Waals surface area contributed by atoms with E-state index in [0.717, 1.165) is 35.5 Å². The van der Waals surface area contributed by atoms with E-state index < -0.39 is 0 Å². The second-order valence-electron chi connectivity index (χ2n) is 5.77. The van der Waals surface area contributed by atoms with Gasteiger partial charge in [0.05, 0.1) is 11.4 Å². The van der Waals surface area contributed by atoms with E-state index in [4.69, 9.17) is 0 Å². The van der Waals surface area contributed by atoms with E-state index in [9.17, 15) is 8.78 Å². The highest BCUT2D eigenvalue weighted by Crippen LogP contribution is 2.29. The number of benzene rings is 2. The lowest BCUT2D eigenvalue weighted by atomic mass is 9.99. The summed E-state index contributed by atoms with van der Waals surface area (Å²) in [6, 6.07) is 12.5. The van der Waals surface area contributed by atoms with E-state index in [1.807, 2.05) is 0 Å². The van der Waals surface area contributed by atoms with E-state index in [2.05, 4.69) is 15.3 Å². The Kier molecular flexibility index (Phi) is 3.78. The van der Waals surface area contributed by atoms with Crippen molar-refractivity contribution in [2.75, 3.05) is 6.54 Å². The number of nitrogens with one attached hydrogen (secondary N) is 1. The molecule has 1 aliphatic heterocycles. The van der Waals surface area contributed by atoms with Gasteiger partial charge in [-0.05, 0) is 36.4 Å². The largest absolute Gasteiger partial charge is 0.312 e. The summed E-state index contributed by atoms with van der Waals surface area (Å²) >= 11 is 0. The van der Waals surface area contributed by atoms with Crippen molar-refractivity contribution in [3.05, 3.63) is 71.4 Å². The average Bonchev–Trinajstić information content (AvgIpc) is 2.61. The van der Waals surface area contributed by atoms with Crippen LogP contribution in [0.25, 0.3) is 22.6 Å². The molecule has 24 heavy (non-hydrogen) atoms. The Morgan fingerprint density at radius 2 is 1.71 bits per heavy atom. The van der Waals surface area contributed by atoms with Gasteiger partial charge in [0.2, 0.25) is 0 Å². The second-order valence-corrected chi connectivity index (χ2v) is 5.77. The number of halogens is 2. The van der Waals surface area contributed by atoms with Gasteiger partial charge in [-0.25, -0.2) is 18.7 Å². The SMILES string of the molecule is Fc1ccc(-c2nc(-c3cccc(F)c3)nc3c2CNCC3)cc1. The van der Waals surface area contributed by atoms with Gasteiger partial charge in [0, 0.05) is 36.2 Å². The Morgan fingerprint density at radius 3 is 2.50 bits per heavy atom. The highest BCUT2D eigenvalue weighted by molar-refractivity contribution is 5.68. The maximum atomic E-state index is 13.6. The molecular formula is C19H15F2N3. The van der Waals surface area contributed by atoms with Crippen molar-refractivity contribution >= 4 is 0 Å². The Labute approximate surface area is 138 Å². The molecule has 0 spiro atoms.